The molecule has 0 unspecified atom stereocenters. The zero-order valence-corrected chi connectivity index (χ0v) is 9.77. The summed E-state index contributed by atoms with van der Waals surface area (Å²) in [5, 5.41) is 8.99. The van der Waals surface area contributed by atoms with Gasteiger partial charge in [-0.1, -0.05) is 0 Å². The van der Waals surface area contributed by atoms with Gasteiger partial charge in [-0.25, -0.2) is 9.18 Å². The number of aliphatic hydroxyl groups excluding tert-OH is 1. The van der Waals surface area contributed by atoms with Crippen molar-refractivity contribution in [2.45, 2.75) is 26.6 Å². The minimum absolute atomic E-state index is 0.211. The van der Waals surface area contributed by atoms with Crippen LogP contribution in [0.2, 0.25) is 0 Å². The van der Waals surface area contributed by atoms with Gasteiger partial charge < -0.3 is 14.6 Å². The zero-order chi connectivity index (χ0) is 12.8. The van der Waals surface area contributed by atoms with Crippen LogP contribution in [0.3, 0.4) is 0 Å². The van der Waals surface area contributed by atoms with Gasteiger partial charge in [-0.15, -0.1) is 0 Å². The van der Waals surface area contributed by atoms with Crippen molar-refractivity contribution in [2.24, 2.45) is 0 Å². The minimum atomic E-state index is -0.506. The first-order chi connectivity index (χ1) is 8.02. The first-order valence-electron chi connectivity index (χ1n) is 5.24. The summed E-state index contributed by atoms with van der Waals surface area (Å²) in [5.74, 6) is -0.700. The lowest BCUT2D eigenvalue weighted by Gasteiger charge is -2.11. The molecule has 0 fully saturated rings. The minimum Gasteiger partial charge on any atom is -0.482 e. The number of ether oxygens (including phenoxy) is 2. The van der Waals surface area contributed by atoms with E-state index in [9.17, 15) is 9.18 Å². The lowest BCUT2D eigenvalue weighted by Crippen LogP contribution is -2.19. The monoisotopic (exact) mass is 242 g/mol. The Morgan fingerprint density at radius 2 is 2.18 bits per heavy atom. The van der Waals surface area contributed by atoms with Gasteiger partial charge >= 0.3 is 5.97 Å². The fraction of sp³-hybridized carbons (Fsp3) is 0.417. The summed E-state index contributed by atoms with van der Waals surface area (Å²) in [6, 6.07) is 3.72. The maximum atomic E-state index is 12.8. The standard InChI is InChI=1S/C12H15FO4/c1-8(2)17-12(15)7-16-11-4-3-10(13)5-9(11)6-14/h3-5,8,14H,6-7H2,1-2H3. The molecular weight excluding hydrogens is 227 g/mol. The molecule has 0 atom stereocenters. The Morgan fingerprint density at radius 1 is 1.47 bits per heavy atom. The third kappa shape index (κ3) is 4.40. The molecule has 1 N–H and O–H groups in total. The van der Waals surface area contributed by atoms with E-state index in [4.69, 9.17) is 14.6 Å². The number of aliphatic hydroxyl groups is 1. The predicted molar refractivity (Wildman–Crippen MR) is 59.0 cm³/mol. The number of esters is 1. The number of rotatable bonds is 5. The van der Waals surface area contributed by atoms with Gasteiger partial charge in [0.2, 0.25) is 0 Å². The second-order valence-electron chi connectivity index (χ2n) is 3.74. The van der Waals surface area contributed by atoms with E-state index in [1.807, 2.05) is 0 Å². The molecule has 0 amide bonds. The van der Waals surface area contributed by atoms with Crippen LogP contribution in [0.5, 0.6) is 5.75 Å². The normalized spacial score (nSPS) is 10.4. The number of benzene rings is 1. The molecule has 4 nitrogen and oxygen atoms in total. The smallest absolute Gasteiger partial charge is 0.344 e. The van der Waals surface area contributed by atoms with Crippen LogP contribution in [0, 0.1) is 5.82 Å². The molecule has 0 saturated heterocycles. The summed E-state index contributed by atoms with van der Waals surface area (Å²) in [5.41, 5.74) is 0.294. The number of hydrogen-bond donors (Lipinski definition) is 1. The van der Waals surface area contributed by atoms with Gasteiger partial charge in [-0.2, -0.15) is 0 Å². The number of carbonyl (C=O) groups excluding carboxylic acids is 1. The molecule has 94 valence electrons. The number of hydrogen-bond acceptors (Lipinski definition) is 4. The lowest BCUT2D eigenvalue weighted by atomic mass is 10.2. The first kappa shape index (κ1) is 13.4. The van der Waals surface area contributed by atoms with Crippen LogP contribution in [0.25, 0.3) is 0 Å². The maximum Gasteiger partial charge on any atom is 0.344 e. The molecule has 1 aromatic rings. The predicted octanol–water partition coefficient (Wildman–Crippen LogP) is 1.65. The van der Waals surface area contributed by atoms with Crippen LogP contribution in [0.1, 0.15) is 19.4 Å². The van der Waals surface area contributed by atoms with E-state index in [-0.39, 0.29) is 25.1 Å². The molecular formula is C12H15FO4. The van der Waals surface area contributed by atoms with Gasteiger partial charge in [-0.3, -0.25) is 0 Å². The first-order valence-corrected chi connectivity index (χ1v) is 5.24. The Kier molecular flexibility index (Phi) is 4.90. The molecule has 0 aliphatic rings. The van der Waals surface area contributed by atoms with Crippen LogP contribution in [0.4, 0.5) is 4.39 Å². The van der Waals surface area contributed by atoms with Gasteiger partial charge in [-0.05, 0) is 32.0 Å². The molecule has 0 aliphatic carbocycles. The molecule has 17 heavy (non-hydrogen) atoms. The van der Waals surface area contributed by atoms with E-state index in [1.165, 1.54) is 12.1 Å². The Morgan fingerprint density at radius 3 is 2.76 bits per heavy atom. The third-order valence-corrected chi connectivity index (χ3v) is 1.91. The van der Waals surface area contributed by atoms with Crippen molar-refractivity contribution in [2.75, 3.05) is 6.61 Å². The van der Waals surface area contributed by atoms with Crippen LogP contribution in [-0.2, 0) is 16.1 Å². The van der Waals surface area contributed by atoms with E-state index in [0.717, 1.165) is 6.07 Å². The summed E-state index contributed by atoms with van der Waals surface area (Å²) in [7, 11) is 0. The van der Waals surface area contributed by atoms with Crippen molar-refractivity contribution in [1.82, 2.24) is 0 Å². The zero-order valence-electron chi connectivity index (χ0n) is 9.77. The average Bonchev–Trinajstić information content (AvgIpc) is 2.26. The number of halogens is 1. The van der Waals surface area contributed by atoms with Gasteiger partial charge in [0, 0.05) is 5.56 Å². The largest absolute Gasteiger partial charge is 0.482 e. The van der Waals surface area contributed by atoms with E-state index in [1.54, 1.807) is 13.8 Å². The summed E-state index contributed by atoms with van der Waals surface area (Å²) in [4.78, 5) is 11.2. The SMILES string of the molecule is CC(C)OC(=O)COc1ccc(F)cc1CO. The maximum absolute atomic E-state index is 12.8. The lowest BCUT2D eigenvalue weighted by molar-refractivity contribution is -0.149. The highest BCUT2D eigenvalue weighted by molar-refractivity contribution is 5.71. The second-order valence-corrected chi connectivity index (χ2v) is 3.74. The highest BCUT2D eigenvalue weighted by atomic mass is 19.1. The molecule has 0 bridgehead atoms. The summed E-state index contributed by atoms with van der Waals surface area (Å²) >= 11 is 0. The average molecular weight is 242 g/mol. The number of carbonyl (C=O) groups is 1. The van der Waals surface area contributed by atoms with Crippen molar-refractivity contribution in [3.63, 3.8) is 0 Å². The van der Waals surface area contributed by atoms with Crippen LogP contribution in [0.15, 0.2) is 18.2 Å². The molecule has 0 spiro atoms. The quantitative estimate of drug-likeness (QED) is 0.798. The molecule has 0 radical (unpaired) electrons. The molecule has 5 heteroatoms. The topological polar surface area (TPSA) is 55.8 Å². The van der Waals surface area contributed by atoms with Gasteiger partial charge in [0.05, 0.1) is 12.7 Å². The summed E-state index contributed by atoms with van der Waals surface area (Å²) in [6.07, 6.45) is -0.211. The van der Waals surface area contributed by atoms with E-state index >= 15 is 0 Å². The van der Waals surface area contributed by atoms with Crippen molar-refractivity contribution in [1.29, 1.82) is 0 Å². The highest BCUT2D eigenvalue weighted by Gasteiger charge is 2.09. The van der Waals surface area contributed by atoms with Crippen molar-refractivity contribution in [3.05, 3.63) is 29.6 Å². The molecule has 0 aliphatic heterocycles. The van der Waals surface area contributed by atoms with Gasteiger partial charge in [0.15, 0.2) is 6.61 Å². The Hall–Kier alpha value is -1.62. The van der Waals surface area contributed by atoms with Crippen molar-refractivity contribution in [3.8, 4) is 5.75 Å². The Labute approximate surface area is 99.0 Å². The van der Waals surface area contributed by atoms with Crippen LogP contribution >= 0.6 is 0 Å². The molecule has 0 aromatic heterocycles. The summed E-state index contributed by atoms with van der Waals surface area (Å²) < 4.78 is 22.9. The van der Waals surface area contributed by atoms with E-state index in [2.05, 4.69) is 0 Å². The van der Waals surface area contributed by atoms with Crippen molar-refractivity contribution < 1.29 is 23.8 Å². The Bertz CT molecular complexity index is 390. The molecule has 0 heterocycles. The van der Waals surface area contributed by atoms with Crippen LogP contribution < -0.4 is 4.74 Å². The molecule has 1 rings (SSSR count). The highest BCUT2D eigenvalue weighted by Crippen LogP contribution is 2.19. The fourth-order valence-corrected chi connectivity index (χ4v) is 1.25. The van der Waals surface area contributed by atoms with Gasteiger partial charge in [0.25, 0.3) is 0 Å². The van der Waals surface area contributed by atoms with E-state index < -0.39 is 11.8 Å². The van der Waals surface area contributed by atoms with E-state index in [0.29, 0.717) is 5.56 Å². The van der Waals surface area contributed by atoms with Crippen molar-refractivity contribution >= 4 is 5.97 Å². The summed E-state index contributed by atoms with van der Waals surface area (Å²) in [6.45, 7) is 2.84. The van der Waals surface area contributed by atoms with Gasteiger partial charge in [0.1, 0.15) is 11.6 Å². The fourth-order valence-electron chi connectivity index (χ4n) is 1.25. The molecule has 1 aromatic carbocycles. The molecule has 0 saturated carbocycles. The van der Waals surface area contributed by atoms with Crippen LogP contribution in [-0.4, -0.2) is 23.8 Å². The third-order valence-electron chi connectivity index (χ3n) is 1.91. The Balaban J connectivity index is 2.60. The second kappa shape index (κ2) is 6.20.